The smallest absolute Gasteiger partial charge is 0.369 e. The number of carbonyl (C=O) groups excluding carboxylic acids is 2. The van der Waals surface area contributed by atoms with Gasteiger partial charge >= 0.3 is 6.18 Å². The van der Waals surface area contributed by atoms with E-state index in [9.17, 15) is 22.8 Å². The average molecular weight is 365 g/mol. The molecule has 1 aliphatic heterocycles. The maximum absolute atomic E-state index is 12.7. The summed E-state index contributed by atoms with van der Waals surface area (Å²) in [5.41, 5.74) is 4.30. The third-order valence-corrected chi connectivity index (χ3v) is 4.40. The fourth-order valence-corrected chi connectivity index (χ4v) is 2.87. The Balaban J connectivity index is 1.94. The molecule has 1 fully saturated rings. The van der Waals surface area contributed by atoms with Crippen molar-refractivity contribution in [2.75, 3.05) is 25.0 Å². The van der Waals surface area contributed by atoms with Gasteiger partial charge in [-0.3, -0.25) is 9.59 Å². The van der Waals surface area contributed by atoms with E-state index in [0.717, 1.165) is 23.1 Å². The van der Waals surface area contributed by atoms with Gasteiger partial charge in [0.05, 0.1) is 29.4 Å². The number of benzene rings is 1. The Morgan fingerprint density at radius 2 is 1.92 bits per heavy atom. The first-order valence-electron chi connectivity index (χ1n) is 7.46. The summed E-state index contributed by atoms with van der Waals surface area (Å²) in [4.78, 5) is 24.1. The number of nitrogens with two attached hydrogens (primary N) is 1. The highest BCUT2D eigenvalue weighted by molar-refractivity contribution is 6.33. The molecule has 1 aliphatic rings. The number of hydrogen-bond donors (Lipinski definition) is 3. The summed E-state index contributed by atoms with van der Waals surface area (Å²) in [5.74, 6) is -0.937. The predicted molar refractivity (Wildman–Crippen MR) is 82.6 cm³/mol. The van der Waals surface area contributed by atoms with Crippen molar-refractivity contribution in [3.8, 4) is 0 Å². The largest absolute Gasteiger partial charge is 0.416 e. The molecule has 0 bridgehead atoms. The van der Waals surface area contributed by atoms with Gasteiger partial charge in [0, 0.05) is 18.8 Å². The van der Waals surface area contributed by atoms with Crippen LogP contribution in [0.4, 0.5) is 18.9 Å². The quantitative estimate of drug-likeness (QED) is 0.747. The zero-order valence-corrected chi connectivity index (χ0v) is 13.5. The van der Waals surface area contributed by atoms with Crippen LogP contribution in [0.2, 0.25) is 5.02 Å². The molecule has 2 rings (SSSR count). The van der Waals surface area contributed by atoms with Crippen molar-refractivity contribution in [3.05, 3.63) is 28.8 Å². The Morgan fingerprint density at radius 3 is 2.46 bits per heavy atom. The molecule has 0 saturated carbocycles. The fraction of sp³-hybridized carbons (Fsp3) is 0.467. The molecule has 4 N–H and O–H groups in total. The molecule has 0 unspecified atom stereocenters. The SMILES string of the molecule is NC(=O)C1CC[NH+](CC(=O)Nc2cc(C(F)(F)F)ccc2Cl)CC1. The van der Waals surface area contributed by atoms with Gasteiger partial charge in [0.2, 0.25) is 5.91 Å². The Kier molecular flexibility index (Phi) is 5.71. The van der Waals surface area contributed by atoms with Crippen LogP contribution < -0.4 is 16.0 Å². The molecule has 1 saturated heterocycles. The lowest BCUT2D eigenvalue weighted by Crippen LogP contribution is -3.14. The lowest BCUT2D eigenvalue weighted by atomic mass is 9.96. The van der Waals surface area contributed by atoms with Crippen molar-refractivity contribution in [3.63, 3.8) is 0 Å². The second kappa shape index (κ2) is 7.40. The monoisotopic (exact) mass is 364 g/mol. The van der Waals surface area contributed by atoms with Crippen LogP contribution in [0, 0.1) is 5.92 Å². The normalized spacial score (nSPS) is 21.3. The van der Waals surface area contributed by atoms with E-state index in [2.05, 4.69) is 5.32 Å². The number of quaternary nitrogens is 1. The number of alkyl halides is 3. The molecule has 0 aromatic heterocycles. The minimum absolute atomic E-state index is 0.0405. The molecule has 0 aliphatic carbocycles. The van der Waals surface area contributed by atoms with Crippen molar-refractivity contribution in [2.45, 2.75) is 19.0 Å². The zero-order valence-electron chi connectivity index (χ0n) is 12.8. The lowest BCUT2D eigenvalue weighted by Gasteiger charge is -2.27. The van der Waals surface area contributed by atoms with E-state index in [0.29, 0.717) is 25.9 Å². The van der Waals surface area contributed by atoms with Crippen LogP contribution in [-0.2, 0) is 15.8 Å². The van der Waals surface area contributed by atoms with Gasteiger partial charge in [-0.25, -0.2) is 0 Å². The van der Waals surface area contributed by atoms with Gasteiger partial charge < -0.3 is 16.0 Å². The van der Waals surface area contributed by atoms with Gasteiger partial charge in [-0.15, -0.1) is 0 Å². The summed E-state index contributed by atoms with van der Waals surface area (Å²) < 4.78 is 38.1. The Bertz CT molecular complexity index is 629. The Morgan fingerprint density at radius 1 is 1.29 bits per heavy atom. The molecule has 24 heavy (non-hydrogen) atoms. The van der Waals surface area contributed by atoms with E-state index in [1.807, 2.05) is 0 Å². The number of primary amides is 1. The minimum Gasteiger partial charge on any atom is -0.369 e. The van der Waals surface area contributed by atoms with Gasteiger partial charge in [0.15, 0.2) is 6.54 Å². The van der Waals surface area contributed by atoms with Crippen LogP contribution in [0.1, 0.15) is 18.4 Å². The number of nitrogens with one attached hydrogen (secondary N) is 2. The number of amides is 2. The highest BCUT2D eigenvalue weighted by Gasteiger charge is 2.31. The van der Waals surface area contributed by atoms with E-state index in [1.54, 1.807) is 0 Å². The maximum atomic E-state index is 12.7. The van der Waals surface area contributed by atoms with Crippen LogP contribution in [-0.4, -0.2) is 31.4 Å². The van der Waals surface area contributed by atoms with Crippen molar-refractivity contribution >= 4 is 29.1 Å². The highest BCUT2D eigenvalue weighted by Crippen LogP contribution is 2.33. The summed E-state index contributed by atoms with van der Waals surface area (Å²) in [5, 5.41) is 2.46. The summed E-state index contributed by atoms with van der Waals surface area (Å²) in [7, 11) is 0. The number of hydrogen-bond acceptors (Lipinski definition) is 2. The van der Waals surface area contributed by atoms with Crippen molar-refractivity contribution in [2.24, 2.45) is 11.7 Å². The van der Waals surface area contributed by atoms with E-state index >= 15 is 0 Å². The van der Waals surface area contributed by atoms with Crippen LogP contribution in [0.5, 0.6) is 0 Å². The molecule has 0 spiro atoms. The number of piperidine rings is 1. The molecule has 0 radical (unpaired) electrons. The van der Waals surface area contributed by atoms with E-state index in [4.69, 9.17) is 17.3 Å². The van der Waals surface area contributed by atoms with Gasteiger partial charge in [-0.05, 0) is 18.2 Å². The van der Waals surface area contributed by atoms with Crippen LogP contribution in [0.25, 0.3) is 0 Å². The van der Waals surface area contributed by atoms with Gasteiger partial charge in [0.25, 0.3) is 5.91 Å². The lowest BCUT2D eigenvalue weighted by molar-refractivity contribution is -0.897. The van der Waals surface area contributed by atoms with Gasteiger partial charge in [-0.2, -0.15) is 13.2 Å². The molecule has 1 aromatic carbocycles. The summed E-state index contributed by atoms with van der Waals surface area (Å²) in [6, 6.07) is 2.78. The van der Waals surface area contributed by atoms with Gasteiger partial charge in [0.1, 0.15) is 0 Å². The van der Waals surface area contributed by atoms with Gasteiger partial charge in [-0.1, -0.05) is 11.6 Å². The number of carbonyl (C=O) groups is 2. The third-order valence-electron chi connectivity index (χ3n) is 4.07. The molecule has 0 atom stereocenters. The topological polar surface area (TPSA) is 76.6 Å². The molecule has 1 heterocycles. The first kappa shape index (κ1) is 18.5. The number of anilines is 1. The third kappa shape index (κ3) is 4.85. The van der Waals surface area contributed by atoms with Crippen molar-refractivity contribution < 1.29 is 27.7 Å². The summed E-state index contributed by atoms with van der Waals surface area (Å²) in [6.45, 7) is 1.31. The zero-order chi connectivity index (χ0) is 17.9. The first-order chi connectivity index (χ1) is 11.2. The summed E-state index contributed by atoms with van der Waals surface area (Å²) >= 11 is 5.85. The molecule has 1 aromatic rings. The predicted octanol–water partition coefficient (Wildman–Crippen LogP) is 1.08. The van der Waals surface area contributed by atoms with E-state index in [1.165, 1.54) is 0 Å². The van der Waals surface area contributed by atoms with Crippen LogP contribution in [0.3, 0.4) is 0 Å². The fourth-order valence-electron chi connectivity index (χ4n) is 2.71. The second-order valence-corrected chi connectivity index (χ2v) is 6.25. The maximum Gasteiger partial charge on any atom is 0.416 e. The molecule has 132 valence electrons. The molecule has 5 nitrogen and oxygen atoms in total. The molecular weight excluding hydrogens is 347 g/mol. The number of likely N-dealkylation sites (tertiary alicyclic amines) is 1. The van der Waals surface area contributed by atoms with Crippen molar-refractivity contribution in [1.82, 2.24) is 0 Å². The molecule has 9 heteroatoms. The number of halogens is 4. The number of rotatable bonds is 4. The highest BCUT2D eigenvalue weighted by atomic mass is 35.5. The standard InChI is InChI=1S/C15H17ClF3N3O2/c16-11-2-1-10(15(17,18)19)7-12(11)21-13(23)8-22-5-3-9(4-6-22)14(20)24/h1-2,7,9H,3-6,8H2,(H2,20,24)(H,21,23)/p+1. The van der Waals surface area contributed by atoms with Crippen LogP contribution >= 0.6 is 11.6 Å². The van der Waals surface area contributed by atoms with E-state index < -0.39 is 17.6 Å². The summed E-state index contributed by atoms with van der Waals surface area (Å²) in [6.07, 6.45) is -3.31. The first-order valence-corrected chi connectivity index (χ1v) is 7.84. The second-order valence-electron chi connectivity index (χ2n) is 5.84. The van der Waals surface area contributed by atoms with Crippen LogP contribution in [0.15, 0.2) is 18.2 Å². The van der Waals surface area contributed by atoms with E-state index in [-0.39, 0.29) is 29.1 Å². The Labute approximate surface area is 141 Å². The Hall–Kier alpha value is -1.80. The average Bonchev–Trinajstić information content (AvgIpc) is 2.48. The minimum atomic E-state index is -4.51. The molecule has 2 amide bonds. The van der Waals surface area contributed by atoms with Crippen molar-refractivity contribution in [1.29, 1.82) is 0 Å². The molecular formula is C15H18ClF3N3O2+.